The van der Waals surface area contributed by atoms with Crippen LogP contribution in [0.15, 0.2) is 49.1 Å². The Hall–Kier alpha value is -5.48. The average Bonchev–Trinajstić information content (AvgIpc) is 3.54. The molecule has 1 aliphatic carbocycles. The van der Waals surface area contributed by atoms with Crippen LogP contribution in [-0.4, -0.2) is 91.2 Å². The minimum atomic E-state index is -0.474. The summed E-state index contributed by atoms with van der Waals surface area (Å²) in [4.78, 5) is 8.82. The summed E-state index contributed by atoms with van der Waals surface area (Å²) >= 11 is 0. The lowest BCUT2D eigenvalue weighted by atomic mass is 9.92. The fourth-order valence-electron chi connectivity index (χ4n) is 7.12. The highest BCUT2D eigenvalue weighted by molar-refractivity contribution is 5.77. The van der Waals surface area contributed by atoms with Gasteiger partial charge in [0.1, 0.15) is 31.0 Å². The van der Waals surface area contributed by atoms with Crippen LogP contribution in [0.1, 0.15) is 67.3 Å². The summed E-state index contributed by atoms with van der Waals surface area (Å²) in [6.45, 7) is 8.13. The summed E-state index contributed by atoms with van der Waals surface area (Å²) in [5.41, 5.74) is 7.30. The van der Waals surface area contributed by atoms with Crippen LogP contribution < -0.4 is 9.58 Å². The second-order valence-electron chi connectivity index (χ2n) is 15.5. The molecule has 8 rings (SSSR count). The number of benzene rings is 1. The SMILES string of the molecule is Cc1cc(C#CCn2cc(C3CC3)nn2)cnc1-c1c[n+](CC2CCCCO2)n(CC2(C)COC(Cn3cc(-c4ccc(C#N)cc4N(C)C)nn3)OC2)n1. The molecule has 15 nitrogen and oxygen atoms in total. The Labute approximate surface area is 320 Å². The Morgan fingerprint density at radius 1 is 0.982 bits per heavy atom. The van der Waals surface area contributed by atoms with Crippen LogP contribution in [0.4, 0.5) is 5.69 Å². The zero-order valence-corrected chi connectivity index (χ0v) is 31.9. The standard InChI is InChI=1S/C40H47N12O3/c1-28-16-30(8-7-14-49-21-34(43-46-49)31-11-12-31)19-42-39(28)36-23-51(20-32-9-5-6-15-53-32)52(45-36)25-40(2)26-54-38(55-27-40)24-50-22-35(44-47-50)33-13-10-29(18-41)17-37(33)48(3)4/h10,13,16-17,19,21-23,31-32,38H,5-6,9,11-12,14-15,20,24-27H2,1-4H3/q+1. The Kier molecular flexibility index (Phi) is 10.4. The number of hydrogen-bond donors (Lipinski definition) is 0. The quantitative estimate of drug-likeness (QED) is 0.143. The maximum atomic E-state index is 9.37. The maximum Gasteiger partial charge on any atom is 0.267 e. The first-order valence-corrected chi connectivity index (χ1v) is 19.0. The van der Waals surface area contributed by atoms with Crippen molar-refractivity contribution in [3.63, 3.8) is 0 Å². The first-order valence-electron chi connectivity index (χ1n) is 19.0. The van der Waals surface area contributed by atoms with E-state index in [2.05, 4.69) is 62.4 Å². The molecule has 2 saturated heterocycles. The van der Waals surface area contributed by atoms with E-state index in [1.165, 1.54) is 12.8 Å². The summed E-state index contributed by atoms with van der Waals surface area (Å²) in [5, 5.41) is 31.7. The number of anilines is 1. The number of aromatic nitrogens is 10. The van der Waals surface area contributed by atoms with Gasteiger partial charge < -0.3 is 19.1 Å². The zero-order valence-electron chi connectivity index (χ0n) is 31.9. The Morgan fingerprint density at radius 3 is 2.56 bits per heavy atom. The van der Waals surface area contributed by atoms with Gasteiger partial charge in [-0.15, -0.1) is 10.2 Å². The zero-order chi connectivity index (χ0) is 37.9. The second kappa shape index (κ2) is 15.7. The van der Waals surface area contributed by atoms with Crippen LogP contribution in [-0.2, 0) is 40.4 Å². The van der Waals surface area contributed by atoms with E-state index >= 15 is 0 Å². The van der Waals surface area contributed by atoms with Crippen molar-refractivity contribution in [2.24, 2.45) is 5.41 Å². The molecule has 5 aromatic rings. The van der Waals surface area contributed by atoms with Gasteiger partial charge in [-0.05, 0) is 73.7 Å². The molecule has 0 N–H and O–H groups in total. The van der Waals surface area contributed by atoms with E-state index in [0.717, 1.165) is 65.3 Å². The molecule has 2 aliphatic heterocycles. The van der Waals surface area contributed by atoms with Gasteiger partial charge in [0.05, 0.1) is 49.4 Å². The van der Waals surface area contributed by atoms with Crippen LogP contribution in [0.5, 0.6) is 0 Å². The normalized spacial score (nSPS) is 21.1. The van der Waals surface area contributed by atoms with E-state index in [9.17, 15) is 5.26 Å². The Bertz CT molecular complexity index is 2240. The molecule has 6 heterocycles. The summed E-state index contributed by atoms with van der Waals surface area (Å²) in [6.07, 6.45) is 13.1. The number of ether oxygens (including phenoxy) is 3. The summed E-state index contributed by atoms with van der Waals surface area (Å²) in [7, 11) is 3.89. The molecular weight excluding hydrogens is 697 g/mol. The largest absolute Gasteiger partial charge is 0.377 e. The Balaban J connectivity index is 0.935. The molecule has 284 valence electrons. The van der Waals surface area contributed by atoms with Crippen molar-refractivity contribution in [2.45, 2.75) is 90.4 Å². The minimum absolute atomic E-state index is 0.126. The molecule has 0 bridgehead atoms. The molecule has 15 heteroatoms. The van der Waals surface area contributed by atoms with E-state index in [-0.39, 0.29) is 11.5 Å². The molecule has 0 radical (unpaired) electrons. The Morgan fingerprint density at radius 2 is 1.82 bits per heavy atom. The van der Waals surface area contributed by atoms with Crippen molar-refractivity contribution in [2.75, 3.05) is 38.8 Å². The summed E-state index contributed by atoms with van der Waals surface area (Å²) in [6, 6.07) is 9.82. The van der Waals surface area contributed by atoms with Crippen molar-refractivity contribution in [1.82, 2.24) is 44.9 Å². The highest BCUT2D eigenvalue weighted by Crippen LogP contribution is 2.38. The number of nitriles is 1. The van der Waals surface area contributed by atoms with Crippen molar-refractivity contribution in [3.8, 4) is 40.6 Å². The highest BCUT2D eigenvalue weighted by atomic mass is 16.7. The van der Waals surface area contributed by atoms with E-state index in [0.29, 0.717) is 56.6 Å². The van der Waals surface area contributed by atoms with Crippen molar-refractivity contribution in [1.29, 1.82) is 5.26 Å². The third-order valence-corrected chi connectivity index (χ3v) is 10.3. The van der Waals surface area contributed by atoms with Gasteiger partial charge in [0.25, 0.3) is 5.69 Å². The topological polar surface area (TPSA) is 151 Å². The molecule has 1 aromatic carbocycles. The fraction of sp³-hybridized carbons (Fsp3) is 0.500. The lowest BCUT2D eigenvalue weighted by molar-refractivity contribution is -0.786. The lowest BCUT2D eigenvalue weighted by Crippen LogP contribution is -2.53. The van der Waals surface area contributed by atoms with Gasteiger partial charge in [-0.2, -0.15) is 9.94 Å². The number of rotatable bonds is 11. The lowest BCUT2D eigenvalue weighted by Gasteiger charge is -2.36. The molecule has 4 aromatic heterocycles. The highest BCUT2D eigenvalue weighted by Gasteiger charge is 2.37. The minimum Gasteiger partial charge on any atom is -0.377 e. The van der Waals surface area contributed by atoms with E-state index in [1.807, 2.05) is 61.4 Å². The van der Waals surface area contributed by atoms with E-state index in [4.69, 9.17) is 24.3 Å². The van der Waals surface area contributed by atoms with Crippen LogP contribution >= 0.6 is 0 Å². The average molecular weight is 744 g/mol. The molecule has 3 aliphatic rings. The van der Waals surface area contributed by atoms with Gasteiger partial charge in [0, 0.05) is 66.3 Å². The monoisotopic (exact) mass is 743 g/mol. The molecule has 3 fully saturated rings. The first kappa shape index (κ1) is 36.5. The van der Waals surface area contributed by atoms with E-state index < -0.39 is 6.29 Å². The van der Waals surface area contributed by atoms with Gasteiger partial charge in [-0.25, -0.2) is 9.36 Å². The summed E-state index contributed by atoms with van der Waals surface area (Å²) in [5.74, 6) is 7.02. The molecule has 1 unspecified atom stereocenters. The number of pyridine rings is 1. The van der Waals surface area contributed by atoms with Crippen LogP contribution in [0.3, 0.4) is 0 Å². The number of nitrogens with zero attached hydrogens (tertiary/aromatic N) is 12. The number of aryl methyl sites for hydroxylation is 1. The predicted octanol–water partition coefficient (Wildman–Crippen LogP) is 3.91. The van der Waals surface area contributed by atoms with Crippen LogP contribution in [0.25, 0.3) is 22.6 Å². The van der Waals surface area contributed by atoms with Crippen molar-refractivity contribution < 1.29 is 18.9 Å². The van der Waals surface area contributed by atoms with E-state index in [1.54, 1.807) is 15.4 Å². The van der Waals surface area contributed by atoms with Gasteiger partial charge in [-0.1, -0.05) is 29.2 Å². The molecule has 0 amide bonds. The number of hydrogen-bond acceptors (Lipinski definition) is 11. The van der Waals surface area contributed by atoms with Gasteiger partial charge in [0.2, 0.25) is 0 Å². The molecule has 1 atom stereocenters. The predicted molar refractivity (Wildman–Crippen MR) is 201 cm³/mol. The molecular formula is C40H47N12O3+. The van der Waals surface area contributed by atoms with Crippen LogP contribution in [0.2, 0.25) is 0 Å². The molecule has 55 heavy (non-hydrogen) atoms. The second-order valence-corrected chi connectivity index (χ2v) is 15.5. The third-order valence-electron chi connectivity index (χ3n) is 10.3. The fourth-order valence-corrected chi connectivity index (χ4v) is 7.12. The van der Waals surface area contributed by atoms with Gasteiger partial charge >= 0.3 is 0 Å². The van der Waals surface area contributed by atoms with Gasteiger partial charge in [-0.3, -0.25) is 4.98 Å². The van der Waals surface area contributed by atoms with Gasteiger partial charge in [0.15, 0.2) is 12.5 Å². The first-order chi connectivity index (χ1) is 26.7. The smallest absolute Gasteiger partial charge is 0.267 e. The van der Waals surface area contributed by atoms with Crippen LogP contribution in [0, 0.1) is 35.5 Å². The maximum absolute atomic E-state index is 9.37. The van der Waals surface area contributed by atoms with Crippen molar-refractivity contribution >= 4 is 5.69 Å². The van der Waals surface area contributed by atoms with Crippen molar-refractivity contribution in [3.05, 3.63) is 71.4 Å². The molecule has 0 spiro atoms. The third kappa shape index (κ3) is 8.60. The summed E-state index contributed by atoms with van der Waals surface area (Å²) < 4.78 is 24.4. The molecule has 1 saturated carbocycles.